The van der Waals surface area contributed by atoms with E-state index in [1.807, 2.05) is 38.2 Å². The number of aliphatic imine (C=N–C) groups is 1. The van der Waals surface area contributed by atoms with Crippen LogP contribution >= 0.6 is 0 Å². The standard InChI is InChI=1S/C20H26N6O2/c1-21-18(27)13-26(4)20-15-6-5-7-16(15)23-19(24-20)17-12-14(8-9-22-17)28-11-10-25(2)3/h8-9,12H,1,5-7,10-11,13H2,2-4H3. The Morgan fingerprint density at radius 1 is 1.29 bits per heavy atom. The molecule has 8 nitrogen and oxygen atoms in total. The summed E-state index contributed by atoms with van der Waals surface area (Å²) in [5, 5.41) is 0. The van der Waals surface area contributed by atoms with Gasteiger partial charge in [0.2, 0.25) is 0 Å². The molecule has 0 radical (unpaired) electrons. The van der Waals surface area contributed by atoms with Gasteiger partial charge in [-0.05, 0) is 46.1 Å². The van der Waals surface area contributed by atoms with Crippen molar-refractivity contribution in [1.82, 2.24) is 19.9 Å². The number of ether oxygens (including phenoxy) is 1. The number of pyridine rings is 1. The van der Waals surface area contributed by atoms with Gasteiger partial charge in [-0.3, -0.25) is 9.78 Å². The third-order valence-corrected chi connectivity index (χ3v) is 4.59. The Bertz CT molecular complexity index is 868. The van der Waals surface area contributed by atoms with E-state index < -0.39 is 0 Å². The van der Waals surface area contributed by atoms with Crippen LogP contribution in [0, 0.1) is 0 Å². The van der Waals surface area contributed by atoms with Crippen molar-refractivity contribution in [2.24, 2.45) is 4.99 Å². The van der Waals surface area contributed by atoms with Crippen molar-refractivity contribution in [1.29, 1.82) is 0 Å². The molecule has 2 aromatic rings. The van der Waals surface area contributed by atoms with Crippen LogP contribution in [-0.2, 0) is 17.6 Å². The predicted molar refractivity (Wildman–Crippen MR) is 109 cm³/mol. The molecular weight excluding hydrogens is 356 g/mol. The minimum atomic E-state index is -0.288. The number of hydrogen-bond donors (Lipinski definition) is 0. The van der Waals surface area contributed by atoms with E-state index in [9.17, 15) is 4.79 Å². The number of aryl methyl sites for hydroxylation is 1. The zero-order valence-electron chi connectivity index (χ0n) is 16.7. The summed E-state index contributed by atoms with van der Waals surface area (Å²) in [6, 6.07) is 3.68. The summed E-state index contributed by atoms with van der Waals surface area (Å²) < 4.78 is 5.80. The van der Waals surface area contributed by atoms with Crippen LogP contribution in [0.1, 0.15) is 17.7 Å². The van der Waals surface area contributed by atoms with Crippen molar-refractivity contribution in [3.8, 4) is 17.3 Å². The molecule has 1 amide bonds. The van der Waals surface area contributed by atoms with E-state index in [-0.39, 0.29) is 12.5 Å². The van der Waals surface area contributed by atoms with Gasteiger partial charge in [0.15, 0.2) is 5.82 Å². The summed E-state index contributed by atoms with van der Waals surface area (Å²) in [5.41, 5.74) is 2.77. The third kappa shape index (κ3) is 4.69. The van der Waals surface area contributed by atoms with E-state index in [0.717, 1.165) is 48.6 Å². The number of amides is 1. The summed E-state index contributed by atoms with van der Waals surface area (Å²) >= 11 is 0. The van der Waals surface area contributed by atoms with E-state index in [1.165, 1.54) is 0 Å². The van der Waals surface area contributed by atoms with Crippen LogP contribution in [0.2, 0.25) is 0 Å². The molecule has 1 aliphatic carbocycles. The van der Waals surface area contributed by atoms with Crippen LogP contribution in [0.4, 0.5) is 5.82 Å². The maximum Gasteiger partial charge on any atom is 0.264 e. The van der Waals surface area contributed by atoms with E-state index >= 15 is 0 Å². The van der Waals surface area contributed by atoms with Crippen molar-refractivity contribution in [3.63, 3.8) is 0 Å². The Hall–Kier alpha value is -2.87. The molecule has 0 N–H and O–H groups in total. The highest BCUT2D eigenvalue weighted by Gasteiger charge is 2.23. The maximum atomic E-state index is 11.7. The summed E-state index contributed by atoms with van der Waals surface area (Å²) in [7, 11) is 5.84. The molecule has 2 aromatic heterocycles. The Morgan fingerprint density at radius 2 is 2.11 bits per heavy atom. The molecule has 2 heterocycles. The SMILES string of the molecule is C=NC(=O)CN(C)c1nc(-c2cc(OCCN(C)C)ccn2)nc2c1CCC2. The third-order valence-electron chi connectivity index (χ3n) is 4.59. The average molecular weight is 382 g/mol. The van der Waals surface area contributed by atoms with Crippen LogP contribution in [0.3, 0.4) is 0 Å². The monoisotopic (exact) mass is 382 g/mol. The van der Waals surface area contributed by atoms with Crippen molar-refractivity contribution in [3.05, 3.63) is 29.6 Å². The molecule has 148 valence electrons. The first-order valence-electron chi connectivity index (χ1n) is 9.32. The molecule has 0 atom stereocenters. The first-order valence-corrected chi connectivity index (χ1v) is 9.32. The summed E-state index contributed by atoms with van der Waals surface area (Å²) in [5.74, 6) is 1.75. The lowest BCUT2D eigenvalue weighted by Crippen LogP contribution is -2.26. The van der Waals surface area contributed by atoms with Crippen LogP contribution in [0.5, 0.6) is 5.75 Å². The number of nitrogens with zero attached hydrogens (tertiary/aromatic N) is 6. The number of likely N-dealkylation sites (N-methyl/N-ethyl adjacent to an activating group) is 2. The molecule has 0 aliphatic heterocycles. The lowest BCUT2D eigenvalue weighted by atomic mass is 10.2. The number of rotatable bonds is 8. The highest BCUT2D eigenvalue weighted by atomic mass is 16.5. The van der Waals surface area contributed by atoms with Crippen LogP contribution < -0.4 is 9.64 Å². The summed E-state index contributed by atoms with van der Waals surface area (Å²) in [4.78, 5) is 32.9. The van der Waals surface area contributed by atoms with Crippen LogP contribution in [0.15, 0.2) is 23.3 Å². The molecule has 0 unspecified atom stereocenters. The molecule has 0 saturated carbocycles. The smallest absolute Gasteiger partial charge is 0.264 e. The van der Waals surface area contributed by atoms with Crippen molar-refractivity contribution in [2.45, 2.75) is 19.3 Å². The number of hydrogen-bond acceptors (Lipinski definition) is 7. The fraction of sp³-hybridized carbons (Fsp3) is 0.450. The summed E-state index contributed by atoms with van der Waals surface area (Å²) in [6.45, 7) is 4.85. The molecular formula is C20H26N6O2. The fourth-order valence-corrected chi connectivity index (χ4v) is 3.14. The Balaban J connectivity index is 1.89. The Kier molecular flexibility index (Phi) is 6.30. The minimum absolute atomic E-state index is 0.132. The average Bonchev–Trinajstić information content (AvgIpc) is 3.15. The number of carbonyl (C=O) groups is 1. The largest absolute Gasteiger partial charge is 0.492 e. The molecule has 0 fully saturated rings. The highest BCUT2D eigenvalue weighted by Crippen LogP contribution is 2.31. The van der Waals surface area contributed by atoms with Gasteiger partial charge in [-0.25, -0.2) is 15.0 Å². The van der Waals surface area contributed by atoms with Gasteiger partial charge in [-0.2, -0.15) is 0 Å². The molecule has 8 heteroatoms. The molecule has 0 bridgehead atoms. The maximum absolute atomic E-state index is 11.7. The molecule has 28 heavy (non-hydrogen) atoms. The zero-order chi connectivity index (χ0) is 20.1. The van der Waals surface area contributed by atoms with E-state index in [0.29, 0.717) is 18.1 Å². The second-order valence-corrected chi connectivity index (χ2v) is 7.09. The van der Waals surface area contributed by atoms with Gasteiger partial charge in [0, 0.05) is 37.1 Å². The lowest BCUT2D eigenvalue weighted by molar-refractivity contribution is -0.116. The van der Waals surface area contributed by atoms with Crippen LogP contribution in [0.25, 0.3) is 11.5 Å². The van der Waals surface area contributed by atoms with Gasteiger partial charge < -0.3 is 14.5 Å². The Labute approximate surface area is 165 Å². The molecule has 0 aromatic carbocycles. The normalized spacial score (nSPS) is 12.7. The van der Waals surface area contributed by atoms with E-state index in [4.69, 9.17) is 14.7 Å². The number of aromatic nitrogens is 3. The van der Waals surface area contributed by atoms with E-state index in [1.54, 1.807) is 6.20 Å². The van der Waals surface area contributed by atoms with Crippen molar-refractivity contribution in [2.75, 3.05) is 45.7 Å². The Morgan fingerprint density at radius 3 is 2.86 bits per heavy atom. The lowest BCUT2D eigenvalue weighted by Gasteiger charge is -2.20. The van der Waals surface area contributed by atoms with Gasteiger partial charge in [0.25, 0.3) is 5.91 Å². The number of anilines is 1. The van der Waals surface area contributed by atoms with E-state index in [2.05, 4.69) is 21.6 Å². The molecule has 0 spiro atoms. The molecule has 3 rings (SSSR count). The second kappa shape index (κ2) is 8.88. The van der Waals surface area contributed by atoms with Gasteiger partial charge in [0.05, 0.1) is 0 Å². The molecule has 0 saturated heterocycles. The first kappa shape index (κ1) is 19.9. The van der Waals surface area contributed by atoms with Crippen molar-refractivity contribution >= 4 is 18.4 Å². The number of carbonyl (C=O) groups excluding carboxylic acids is 1. The van der Waals surface area contributed by atoms with Gasteiger partial charge >= 0.3 is 0 Å². The first-order chi connectivity index (χ1) is 13.5. The van der Waals surface area contributed by atoms with Gasteiger partial charge in [-0.15, -0.1) is 0 Å². The fourth-order valence-electron chi connectivity index (χ4n) is 3.14. The number of fused-ring (bicyclic) bond motifs is 1. The summed E-state index contributed by atoms with van der Waals surface area (Å²) in [6.07, 6.45) is 4.54. The predicted octanol–water partition coefficient (Wildman–Crippen LogP) is 1.63. The minimum Gasteiger partial charge on any atom is -0.492 e. The van der Waals surface area contributed by atoms with Crippen molar-refractivity contribution < 1.29 is 9.53 Å². The highest BCUT2D eigenvalue weighted by molar-refractivity contribution is 5.85. The van der Waals surface area contributed by atoms with Gasteiger partial charge in [-0.1, -0.05) is 0 Å². The second-order valence-electron chi connectivity index (χ2n) is 7.09. The quantitative estimate of drug-likeness (QED) is 0.642. The van der Waals surface area contributed by atoms with Crippen LogP contribution in [-0.4, -0.2) is 73.3 Å². The van der Waals surface area contributed by atoms with Gasteiger partial charge in [0.1, 0.15) is 30.4 Å². The molecule has 1 aliphatic rings. The topological polar surface area (TPSA) is 83.8 Å². The zero-order valence-corrected chi connectivity index (χ0v) is 16.7.